The van der Waals surface area contributed by atoms with E-state index >= 15 is 0 Å². The third-order valence-corrected chi connectivity index (χ3v) is 6.04. The van der Waals surface area contributed by atoms with Crippen LogP contribution in [0.5, 0.6) is 0 Å². The van der Waals surface area contributed by atoms with Gasteiger partial charge in [-0.3, -0.25) is 9.59 Å². The lowest BCUT2D eigenvalue weighted by Gasteiger charge is -2.25. The van der Waals surface area contributed by atoms with Gasteiger partial charge in [0.1, 0.15) is 0 Å². The van der Waals surface area contributed by atoms with Gasteiger partial charge in [0, 0.05) is 24.5 Å². The van der Waals surface area contributed by atoms with Crippen molar-refractivity contribution in [2.75, 3.05) is 13.1 Å². The Morgan fingerprint density at radius 3 is 2.65 bits per heavy atom. The molecule has 1 N–H and O–H groups in total. The van der Waals surface area contributed by atoms with Crippen LogP contribution in [0, 0.1) is 6.92 Å². The number of rotatable bonds is 6. The molecule has 2 amide bonds. The molecule has 0 bridgehead atoms. The molecular weight excluding hydrogens is 469 g/mol. The zero-order valence-electron chi connectivity index (χ0n) is 18.3. The molecule has 1 atom stereocenters. The maximum absolute atomic E-state index is 13.3. The van der Waals surface area contributed by atoms with E-state index in [2.05, 4.69) is 10.4 Å². The fraction of sp³-hybridized carbons (Fsp3) is 0.292. The van der Waals surface area contributed by atoms with Crippen LogP contribution >= 0.6 is 11.6 Å². The van der Waals surface area contributed by atoms with Crippen LogP contribution in [-0.4, -0.2) is 39.6 Å². The molecule has 2 aromatic carbocycles. The first kappa shape index (κ1) is 23.8. The third kappa shape index (κ3) is 5.09. The van der Waals surface area contributed by atoms with Crippen molar-refractivity contribution in [2.24, 2.45) is 0 Å². The standard InChI is InChI=1S/C24H22ClF3N4O2/c1-15-20(13-29-32(15)19-8-3-7-18(25)12-19)23(34)30-21(14-31-10-4-9-22(31)33)16-5-2-6-17(11-16)24(26,27)28/h2-3,5-8,11-13,21H,4,9-10,14H2,1H3,(H,30,34). The summed E-state index contributed by atoms with van der Waals surface area (Å²) in [7, 11) is 0. The van der Waals surface area contributed by atoms with E-state index in [4.69, 9.17) is 11.6 Å². The van der Waals surface area contributed by atoms with E-state index in [1.807, 2.05) is 0 Å². The second kappa shape index (κ2) is 9.50. The molecule has 10 heteroatoms. The van der Waals surface area contributed by atoms with Crippen molar-refractivity contribution in [1.29, 1.82) is 0 Å². The molecule has 0 aliphatic carbocycles. The third-order valence-electron chi connectivity index (χ3n) is 5.80. The monoisotopic (exact) mass is 490 g/mol. The van der Waals surface area contributed by atoms with Crippen molar-refractivity contribution in [2.45, 2.75) is 32.0 Å². The summed E-state index contributed by atoms with van der Waals surface area (Å²) < 4.78 is 41.5. The van der Waals surface area contributed by atoms with E-state index in [-0.39, 0.29) is 23.6 Å². The molecule has 34 heavy (non-hydrogen) atoms. The first-order valence-corrected chi connectivity index (χ1v) is 11.1. The van der Waals surface area contributed by atoms with Crippen LogP contribution in [0.25, 0.3) is 5.69 Å². The van der Waals surface area contributed by atoms with Gasteiger partial charge < -0.3 is 10.2 Å². The summed E-state index contributed by atoms with van der Waals surface area (Å²) in [6.07, 6.45) is -2.07. The lowest BCUT2D eigenvalue weighted by Crippen LogP contribution is -2.38. The summed E-state index contributed by atoms with van der Waals surface area (Å²) in [5.41, 5.74) is 0.926. The molecule has 1 saturated heterocycles. The number of hydrogen-bond acceptors (Lipinski definition) is 3. The van der Waals surface area contributed by atoms with E-state index in [0.717, 1.165) is 12.1 Å². The van der Waals surface area contributed by atoms with Gasteiger partial charge in [-0.05, 0) is 49.2 Å². The van der Waals surface area contributed by atoms with Crippen molar-refractivity contribution >= 4 is 23.4 Å². The lowest BCUT2D eigenvalue weighted by atomic mass is 10.0. The summed E-state index contributed by atoms with van der Waals surface area (Å²) in [6, 6.07) is 10.9. The average molecular weight is 491 g/mol. The molecule has 1 fully saturated rings. The van der Waals surface area contributed by atoms with Crippen molar-refractivity contribution in [3.05, 3.63) is 82.1 Å². The highest BCUT2D eigenvalue weighted by Gasteiger charge is 2.32. The Hall–Kier alpha value is -3.33. The van der Waals surface area contributed by atoms with Gasteiger partial charge in [0.25, 0.3) is 5.91 Å². The van der Waals surface area contributed by atoms with Gasteiger partial charge >= 0.3 is 6.18 Å². The molecule has 178 valence electrons. The highest BCUT2D eigenvalue weighted by atomic mass is 35.5. The average Bonchev–Trinajstić information content (AvgIpc) is 3.38. The molecule has 6 nitrogen and oxygen atoms in total. The van der Waals surface area contributed by atoms with Crippen LogP contribution < -0.4 is 5.32 Å². The fourth-order valence-corrected chi connectivity index (χ4v) is 4.20. The smallest absolute Gasteiger partial charge is 0.343 e. The number of carbonyl (C=O) groups excluding carboxylic acids is 2. The van der Waals surface area contributed by atoms with E-state index in [9.17, 15) is 22.8 Å². The number of halogens is 4. The van der Waals surface area contributed by atoms with Crippen LogP contribution in [0.3, 0.4) is 0 Å². The highest BCUT2D eigenvalue weighted by molar-refractivity contribution is 6.30. The molecule has 0 saturated carbocycles. The predicted octanol–water partition coefficient (Wildman–Crippen LogP) is 4.95. The Balaban J connectivity index is 1.63. The SMILES string of the molecule is Cc1c(C(=O)NC(CN2CCCC2=O)c2cccc(C(F)(F)F)c2)cnn1-c1cccc(Cl)c1. The predicted molar refractivity (Wildman–Crippen MR) is 121 cm³/mol. The molecule has 1 unspecified atom stereocenters. The second-order valence-corrected chi connectivity index (χ2v) is 8.56. The number of carbonyl (C=O) groups is 2. The zero-order chi connectivity index (χ0) is 24.5. The van der Waals surface area contributed by atoms with Crippen LogP contribution in [-0.2, 0) is 11.0 Å². The fourth-order valence-electron chi connectivity index (χ4n) is 4.02. The maximum atomic E-state index is 13.3. The molecule has 1 aliphatic heterocycles. The summed E-state index contributed by atoms with van der Waals surface area (Å²) in [6.45, 7) is 2.29. The van der Waals surface area contributed by atoms with Gasteiger partial charge in [0.05, 0.1) is 34.7 Å². The lowest BCUT2D eigenvalue weighted by molar-refractivity contribution is -0.137. The van der Waals surface area contributed by atoms with Gasteiger partial charge in [0.2, 0.25) is 5.91 Å². The van der Waals surface area contributed by atoms with Crippen molar-refractivity contribution < 1.29 is 22.8 Å². The van der Waals surface area contributed by atoms with Crippen molar-refractivity contribution in [3.8, 4) is 5.69 Å². The normalized spacial score (nSPS) is 15.0. The minimum Gasteiger partial charge on any atom is -0.343 e. The molecule has 2 heterocycles. The molecule has 4 rings (SSSR count). The molecule has 1 aliphatic rings. The zero-order valence-corrected chi connectivity index (χ0v) is 19.0. The van der Waals surface area contributed by atoms with Gasteiger partial charge in [-0.15, -0.1) is 0 Å². The van der Waals surface area contributed by atoms with Crippen LogP contribution in [0.4, 0.5) is 13.2 Å². The van der Waals surface area contributed by atoms with Gasteiger partial charge in [-0.25, -0.2) is 4.68 Å². The number of nitrogens with one attached hydrogen (secondary N) is 1. The Kier molecular flexibility index (Phi) is 6.65. The largest absolute Gasteiger partial charge is 0.416 e. The first-order valence-electron chi connectivity index (χ1n) is 10.7. The number of aromatic nitrogens is 2. The van der Waals surface area contributed by atoms with Crippen molar-refractivity contribution in [1.82, 2.24) is 20.0 Å². The molecule has 0 spiro atoms. The molecule has 3 aromatic rings. The topological polar surface area (TPSA) is 67.2 Å². The Morgan fingerprint density at radius 2 is 1.97 bits per heavy atom. The molecule has 1 aromatic heterocycles. The van der Waals surface area contributed by atoms with Crippen LogP contribution in [0.2, 0.25) is 5.02 Å². The highest BCUT2D eigenvalue weighted by Crippen LogP contribution is 2.31. The van der Waals surface area contributed by atoms with Crippen LogP contribution in [0.15, 0.2) is 54.7 Å². The summed E-state index contributed by atoms with van der Waals surface area (Å²) in [5, 5.41) is 7.60. The quantitative estimate of drug-likeness (QED) is 0.532. The van der Waals surface area contributed by atoms with Gasteiger partial charge in [-0.1, -0.05) is 29.8 Å². The minimum absolute atomic E-state index is 0.0767. The first-order chi connectivity index (χ1) is 16.1. The number of amides is 2. The Bertz CT molecular complexity index is 1220. The Labute approximate surface area is 199 Å². The van der Waals surface area contributed by atoms with E-state index in [0.29, 0.717) is 35.8 Å². The number of alkyl halides is 3. The molecule has 0 radical (unpaired) electrons. The Morgan fingerprint density at radius 1 is 1.21 bits per heavy atom. The van der Waals surface area contributed by atoms with E-state index in [1.165, 1.54) is 18.3 Å². The minimum atomic E-state index is -4.53. The number of likely N-dealkylation sites (tertiary alicyclic amines) is 1. The van der Waals surface area contributed by atoms with Gasteiger partial charge in [0.15, 0.2) is 0 Å². The molecular formula is C24H22ClF3N4O2. The summed E-state index contributed by atoms with van der Waals surface area (Å²) in [4.78, 5) is 26.9. The number of hydrogen-bond donors (Lipinski definition) is 1. The second-order valence-electron chi connectivity index (χ2n) is 8.13. The maximum Gasteiger partial charge on any atom is 0.416 e. The van der Waals surface area contributed by atoms with Crippen LogP contribution in [0.1, 0.15) is 46.1 Å². The number of benzene rings is 2. The van der Waals surface area contributed by atoms with E-state index in [1.54, 1.807) is 40.8 Å². The number of nitrogens with zero attached hydrogens (tertiary/aromatic N) is 3. The summed E-state index contributed by atoms with van der Waals surface area (Å²) >= 11 is 6.06. The van der Waals surface area contributed by atoms with Crippen molar-refractivity contribution in [3.63, 3.8) is 0 Å². The van der Waals surface area contributed by atoms with Gasteiger partial charge in [-0.2, -0.15) is 18.3 Å². The van der Waals surface area contributed by atoms with E-state index < -0.39 is 23.7 Å². The summed E-state index contributed by atoms with van der Waals surface area (Å²) in [5.74, 6) is -0.587.